The van der Waals surface area contributed by atoms with Crippen LogP contribution in [-0.2, 0) is 9.53 Å². The van der Waals surface area contributed by atoms with Crippen LogP contribution in [0, 0.1) is 23.2 Å². The van der Waals surface area contributed by atoms with Crippen LogP contribution in [0.5, 0.6) is 0 Å². The molecule has 1 aliphatic heterocycles. The molecule has 1 heterocycles. The molecule has 3 nitrogen and oxygen atoms in total. The van der Waals surface area contributed by atoms with E-state index in [1.165, 1.54) is 12.0 Å². The number of rotatable bonds is 6. The van der Waals surface area contributed by atoms with Crippen molar-refractivity contribution >= 4 is 12.0 Å². The van der Waals surface area contributed by atoms with Crippen molar-refractivity contribution in [1.82, 2.24) is 4.90 Å². The predicted octanol–water partition coefficient (Wildman–Crippen LogP) is 5.42. The average Bonchev–Trinajstić information content (AvgIpc) is 3.11. The number of nitrogens with zero attached hydrogens (tertiary/aromatic N) is 1. The van der Waals surface area contributed by atoms with Crippen LogP contribution in [0.15, 0.2) is 36.4 Å². The minimum atomic E-state index is -0.263. The zero-order valence-corrected chi connectivity index (χ0v) is 18.1. The van der Waals surface area contributed by atoms with Gasteiger partial charge in [-0.05, 0) is 62.0 Å². The Kier molecular flexibility index (Phi) is 6.98. The summed E-state index contributed by atoms with van der Waals surface area (Å²) in [6, 6.07) is 11.1. The molecule has 0 aromatic heterocycles. The normalized spacial score (nSPS) is 31.5. The first-order valence-corrected chi connectivity index (χ1v) is 11.0. The second-order valence-electron chi connectivity index (χ2n) is 9.46. The third kappa shape index (κ3) is 4.86. The number of ether oxygens (including phenoxy) is 1. The summed E-state index contributed by atoms with van der Waals surface area (Å²) in [7, 11) is 1.55. The Balaban J connectivity index is 1.59. The number of hydrogen-bond acceptors (Lipinski definition) is 3. The molecule has 1 aromatic carbocycles. The molecular weight excluding hydrogens is 346 g/mol. The Bertz CT molecular complexity index is 668. The Morgan fingerprint density at radius 3 is 2.68 bits per heavy atom. The molecule has 0 radical (unpaired) electrons. The van der Waals surface area contributed by atoms with Crippen molar-refractivity contribution in [2.75, 3.05) is 20.2 Å². The molecular formula is C25H37NO2. The second kappa shape index (κ2) is 9.26. The number of carbonyl (C=O) groups excluding carboxylic acids is 1. The van der Waals surface area contributed by atoms with Gasteiger partial charge in [-0.2, -0.15) is 0 Å². The van der Waals surface area contributed by atoms with E-state index >= 15 is 0 Å². The Labute approximate surface area is 171 Å². The zero-order valence-electron chi connectivity index (χ0n) is 18.1. The highest BCUT2D eigenvalue weighted by Crippen LogP contribution is 2.46. The summed E-state index contributed by atoms with van der Waals surface area (Å²) in [6.45, 7) is 9.07. The Hall–Kier alpha value is -1.61. The van der Waals surface area contributed by atoms with Gasteiger partial charge in [0, 0.05) is 12.6 Å². The predicted molar refractivity (Wildman–Crippen MR) is 116 cm³/mol. The maximum Gasteiger partial charge on any atom is 0.311 e. The number of methoxy groups -OCH3 is 1. The first-order valence-electron chi connectivity index (χ1n) is 11.0. The standard InChI is InChI=1S/C25H37NO2/c1-19(2)16-25(24(27)28-4)14-12-23(17-25)26-15-13-22(20(3)18-26)11-10-21-8-6-5-7-9-21/h5-11,19-20,22-23H,12-18H2,1-4H3/b11-10-. The topological polar surface area (TPSA) is 29.5 Å². The second-order valence-corrected chi connectivity index (χ2v) is 9.46. The van der Waals surface area contributed by atoms with Gasteiger partial charge in [0.15, 0.2) is 0 Å². The van der Waals surface area contributed by atoms with Crippen LogP contribution in [0.2, 0.25) is 0 Å². The third-order valence-electron chi connectivity index (χ3n) is 6.85. The van der Waals surface area contributed by atoms with Crippen molar-refractivity contribution in [3.05, 3.63) is 42.0 Å². The monoisotopic (exact) mass is 383 g/mol. The molecule has 4 atom stereocenters. The molecule has 0 amide bonds. The van der Waals surface area contributed by atoms with Gasteiger partial charge in [-0.3, -0.25) is 4.79 Å². The minimum absolute atomic E-state index is 0.0115. The lowest BCUT2D eigenvalue weighted by molar-refractivity contribution is -0.153. The number of hydrogen-bond donors (Lipinski definition) is 0. The van der Waals surface area contributed by atoms with E-state index in [1.54, 1.807) is 7.11 Å². The van der Waals surface area contributed by atoms with Crippen LogP contribution in [0.1, 0.15) is 58.4 Å². The summed E-state index contributed by atoms with van der Waals surface area (Å²) in [4.78, 5) is 15.2. The van der Waals surface area contributed by atoms with E-state index in [2.05, 4.69) is 68.2 Å². The lowest BCUT2D eigenvalue weighted by Gasteiger charge is -2.40. The van der Waals surface area contributed by atoms with E-state index in [-0.39, 0.29) is 11.4 Å². The smallest absolute Gasteiger partial charge is 0.311 e. The fraction of sp³-hybridized carbons (Fsp3) is 0.640. The summed E-state index contributed by atoms with van der Waals surface area (Å²) >= 11 is 0. The van der Waals surface area contributed by atoms with Gasteiger partial charge in [-0.1, -0.05) is 63.3 Å². The summed E-state index contributed by atoms with van der Waals surface area (Å²) in [5, 5.41) is 0. The van der Waals surface area contributed by atoms with Crippen LogP contribution >= 0.6 is 0 Å². The SMILES string of the molecule is COC(=O)C1(CC(C)C)CCC(N2CCC(/C=C\c3ccccc3)C(C)C2)C1. The van der Waals surface area contributed by atoms with Gasteiger partial charge < -0.3 is 9.64 Å². The number of allylic oxidation sites excluding steroid dienone is 1. The highest BCUT2D eigenvalue weighted by molar-refractivity contribution is 5.77. The first kappa shape index (κ1) is 21.1. The fourth-order valence-electron chi connectivity index (χ4n) is 5.47. The van der Waals surface area contributed by atoms with Crippen molar-refractivity contribution < 1.29 is 9.53 Å². The minimum Gasteiger partial charge on any atom is -0.469 e. The van der Waals surface area contributed by atoms with Gasteiger partial charge in [-0.25, -0.2) is 0 Å². The number of carbonyl (C=O) groups is 1. The van der Waals surface area contributed by atoms with Gasteiger partial charge in [0.05, 0.1) is 12.5 Å². The van der Waals surface area contributed by atoms with E-state index in [1.807, 2.05) is 0 Å². The fourth-order valence-corrected chi connectivity index (χ4v) is 5.47. The van der Waals surface area contributed by atoms with Crippen molar-refractivity contribution in [1.29, 1.82) is 0 Å². The average molecular weight is 384 g/mol. The van der Waals surface area contributed by atoms with E-state index in [0.717, 1.165) is 38.8 Å². The first-order chi connectivity index (χ1) is 13.4. The molecule has 1 saturated carbocycles. The molecule has 1 aromatic rings. The molecule has 0 bridgehead atoms. The third-order valence-corrected chi connectivity index (χ3v) is 6.85. The summed E-state index contributed by atoms with van der Waals surface area (Å²) in [6.07, 6.45) is 9.90. The molecule has 0 spiro atoms. The lowest BCUT2D eigenvalue weighted by Crippen LogP contribution is -2.45. The van der Waals surface area contributed by atoms with Crippen LogP contribution in [0.3, 0.4) is 0 Å². The maximum atomic E-state index is 12.6. The van der Waals surface area contributed by atoms with Gasteiger partial charge in [0.1, 0.15) is 0 Å². The quantitative estimate of drug-likeness (QED) is 0.615. The number of esters is 1. The van der Waals surface area contributed by atoms with Crippen LogP contribution < -0.4 is 0 Å². The molecule has 2 fully saturated rings. The largest absolute Gasteiger partial charge is 0.469 e. The highest BCUT2D eigenvalue weighted by Gasteiger charge is 2.48. The van der Waals surface area contributed by atoms with E-state index in [0.29, 0.717) is 23.8 Å². The Morgan fingerprint density at radius 2 is 2.04 bits per heavy atom. The molecule has 0 N–H and O–H groups in total. The molecule has 154 valence electrons. The molecule has 2 aliphatic rings. The summed E-state index contributed by atoms with van der Waals surface area (Å²) < 4.78 is 5.22. The van der Waals surface area contributed by atoms with Gasteiger partial charge in [-0.15, -0.1) is 0 Å². The van der Waals surface area contributed by atoms with Crippen LogP contribution in [0.4, 0.5) is 0 Å². The maximum absolute atomic E-state index is 12.6. The van der Waals surface area contributed by atoms with E-state index < -0.39 is 0 Å². The number of piperidine rings is 1. The van der Waals surface area contributed by atoms with Gasteiger partial charge in [0.25, 0.3) is 0 Å². The van der Waals surface area contributed by atoms with Gasteiger partial charge in [0.2, 0.25) is 0 Å². The molecule has 28 heavy (non-hydrogen) atoms. The molecule has 1 saturated heterocycles. The highest BCUT2D eigenvalue weighted by atomic mass is 16.5. The van der Waals surface area contributed by atoms with Crippen molar-refractivity contribution in [3.8, 4) is 0 Å². The number of benzene rings is 1. The molecule has 4 unspecified atom stereocenters. The molecule has 3 rings (SSSR count). The van der Waals surface area contributed by atoms with E-state index in [4.69, 9.17) is 4.74 Å². The zero-order chi connectivity index (χ0) is 20.1. The van der Waals surface area contributed by atoms with E-state index in [9.17, 15) is 4.79 Å². The summed E-state index contributed by atoms with van der Waals surface area (Å²) in [5.41, 5.74) is 1.02. The molecule has 1 aliphatic carbocycles. The van der Waals surface area contributed by atoms with Crippen molar-refractivity contribution in [3.63, 3.8) is 0 Å². The van der Waals surface area contributed by atoms with Crippen molar-refractivity contribution in [2.24, 2.45) is 23.2 Å². The molecule has 3 heteroatoms. The van der Waals surface area contributed by atoms with Crippen molar-refractivity contribution in [2.45, 2.75) is 58.9 Å². The number of likely N-dealkylation sites (tertiary alicyclic amines) is 1. The van der Waals surface area contributed by atoms with Gasteiger partial charge >= 0.3 is 5.97 Å². The summed E-state index contributed by atoms with van der Waals surface area (Å²) in [5.74, 6) is 1.81. The lowest BCUT2D eigenvalue weighted by atomic mass is 9.78. The Morgan fingerprint density at radius 1 is 1.29 bits per heavy atom. The van der Waals surface area contributed by atoms with Crippen LogP contribution in [-0.4, -0.2) is 37.1 Å². The van der Waals surface area contributed by atoms with Crippen LogP contribution in [0.25, 0.3) is 6.08 Å².